The van der Waals surface area contributed by atoms with Crippen molar-refractivity contribution in [1.82, 2.24) is 20.2 Å². The summed E-state index contributed by atoms with van der Waals surface area (Å²) < 4.78 is 7.36. The lowest BCUT2D eigenvalue weighted by Gasteiger charge is -2.22. The van der Waals surface area contributed by atoms with Gasteiger partial charge in [-0.15, -0.1) is 5.10 Å². The van der Waals surface area contributed by atoms with E-state index in [1.807, 2.05) is 4.68 Å². The fraction of sp³-hybridized carbons (Fsp3) is 0.500. The Hall–Kier alpha value is -1.40. The zero-order chi connectivity index (χ0) is 13.8. The molecule has 6 heteroatoms. The van der Waals surface area contributed by atoms with E-state index in [9.17, 15) is 0 Å². The van der Waals surface area contributed by atoms with Gasteiger partial charge in [0.2, 0.25) is 5.16 Å². The lowest BCUT2D eigenvalue weighted by Crippen LogP contribution is -2.21. The van der Waals surface area contributed by atoms with Crippen LogP contribution in [0.4, 0.5) is 0 Å². The molecule has 2 heterocycles. The van der Waals surface area contributed by atoms with Crippen LogP contribution in [0.1, 0.15) is 30.0 Å². The van der Waals surface area contributed by atoms with Crippen molar-refractivity contribution in [2.24, 2.45) is 0 Å². The lowest BCUT2D eigenvalue weighted by molar-refractivity contribution is 0.0631. The summed E-state index contributed by atoms with van der Waals surface area (Å²) in [7, 11) is 0. The van der Waals surface area contributed by atoms with Gasteiger partial charge in [-0.05, 0) is 41.3 Å². The Labute approximate surface area is 122 Å². The molecule has 5 nitrogen and oxygen atoms in total. The van der Waals surface area contributed by atoms with E-state index in [1.54, 1.807) is 11.8 Å². The van der Waals surface area contributed by atoms with Gasteiger partial charge in [0, 0.05) is 19.0 Å². The topological polar surface area (TPSA) is 52.8 Å². The zero-order valence-electron chi connectivity index (χ0n) is 11.5. The van der Waals surface area contributed by atoms with Crippen molar-refractivity contribution < 1.29 is 4.74 Å². The number of aryl methyl sites for hydroxylation is 1. The summed E-state index contributed by atoms with van der Waals surface area (Å²) in [6.07, 6.45) is 1.98. The molecule has 0 amide bonds. The summed E-state index contributed by atoms with van der Waals surface area (Å²) in [5, 5.41) is 13.1. The van der Waals surface area contributed by atoms with Crippen LogP contribution < -0.4 is 0 Å². The fourth-order valence-corrected chi connectivity index (χ4v) is 3.37. The van der Waals surface area contributed by atoms with Gasteiger partial charge in [-0.3, -0.25) is 0 Å². The molecule has 106 valence electrons. The Balaban J connectivity index is 1.69. The first-order chi connectivity index (χ1) is 9.84. The summed E-state index contributed by atoms with van der Waals surface area (Å²) in [6.45, 7) is 3.73. The average Bonchev–Trinajstić information content (AvgIpc) is 2.96. The van der Waals surface area contributed by atoms with Crippen LogP contribution in [0.2, 0.25) is 0 Å². The first kappa shape index (κ1) is 13.6. The standard InChI is InChI=1S/C14H18N4OS/c1-11-4-2-3-5-12(11)10-20-14-15-16-17-18(14)13-6-8-19-9-7-13/h2-5,13H,6-10H2,1H3. The smallest absolute Gasteiger partial charge is 0.209 e. The first-order valence-electron chi connectivity index (χ1n) is 6.87. The number of tetrazole rings is 1. The highest BCUT2D eigenvalue weighted by Gasteiger charge is 2.20. The Morgan fingerprint density at radius 3 is 2.90 bits per heavy atom. The van der Waals surface area contributed by atoms with E-state index < -0.39 is 0 Å². The van der Waals surface area contributed by atoms with Crippen molar-refractivity contribution in [3.63, 3.8) is 0 Å². The molecule has 20 heavy (non-hydrogen) atoms. The van der Waals surface area contributed by atoms with E-state index in [4.69, 9.17) is 4.74 Å². The van der Waals surface area contributed by atoms with Crippen LogP contribution in [0.25, 0.3) is 0 Å². The van der Waals surface area contributed by atoms with Gasteiger partial charge < -0.3 is 4.74 Å². The molecule has 1 aromatic carbocycles. The zero-order valence-corrected chi connectivity index (χ0v) is 12.3. The number of hydrogen-bond donors (Lipinski definition) is 0. The van der Waals surface area contributed by atoms with Crippen molar-refractivity contribution in [2.45, 2.75) is 36.7 Å². The molecule has 0 saturated carbocycles. The van der Waals surface area contributed by atoms with Crippen molar-refractivity contribution in [3.05, 3.63) is 35.4 Å². The van der Waals surface area contributed by atoms with Gasteiger partial charge >= 0.3 is 0 Å². The molecule has 0 radical (unpaired) electrons. The molecule has 1 aliphatic heterocycles. The minimum atomic E-state index is 0.373. The SMILES string of the molecule is Cc1ccccc1CSc1nnnn1C1CCOCC1. The van der Waals surface area contributed by atoms with Gasteiger partial charge in [0.25, 0.3) is 0 Å². The van der Waals surface area contributed by atoms with Gasteiger partial charge in [-0.2, -0.15) is 0 Å². The third-order valence-corrected chi connectivity index (χ3v) is 4.60. The summed E-state index contributed by atoms with van der Waals surface area (Å²) in [5.74, 6) is 0.899. The van der Waals surface area contributed by atoms with Crippen molar-refractivity contribution in [2.75, 3.05) is 13.2 Å². The molecule has 1 saturated heterocycles. The molecule has 0 N–H and O–H groups in total. The summed E-state index contributed by atoms with van der Waals surface area (Å²) in [4.78, 5) is 0. The van der Waals surface area contributed by atoms with E-state index in [0.717, 1.165) is 37.0 Å². The number of rotatable bonds is 4. The average molecular weight is 290 g/mol. The largest absolute Gasteiger partial charge is 0.381 e. The second-order valence-electron chi connectivity index (χ2n) is 4.96. The number of hydrogen-bond acceptors (Lipinski definition) is 5. The predicted octanol–water partition coefficient (Wildman–Crippen LogP) is 2.63. The monoisotopic (exact) mass is 290 g/mol. The molecule has 1 aliphatic rings. The van der Waals surface area contributed by atoms with E-state index in [2.05, 4.69) is 46.7 Å². The Bertz CT molecular complexity index is 566. The van der Waals surface area contributed by atoms with Crippen LogP contribution in [0.5, 0.6) is 0 Å². The van der Waals surface area contributed by atoms with Gasteiger partial charge in [0.1, 0.15) is 0 Å². The van der Waals surface area contributed by atoms with Crippen molar-refractivity contribution >= 4 is 11.8 Å². The van der Waals surface area contributed by atoms with E-state index >= 15 is 0 Å². The molecule has 0 aliphatic carbocycles. The molecule has 0 atom stereocenters. The number of thioether (sulfide) groups is 1. The lowest BCUT2D eigenvalue weighted by atomic mass is 10.1. The highest BCUT2D eigenvalue weighted by atomic mass is 32.2. The molecule has 0 unspecified atom stereocenters. The van der Waals surface area contributed by atoms with E-state index in [1.165, 1.54) is 11.1 Å². The second kappa shape index (κ2) is 6.37. The highest BCUT2D eigenvalue weighted by molar-refractivity contribution is 7.98. The van der Waals surface area contributed by atoms with Crippen LogP contribution in [0, 0.1) is 6.92 Å². The minimum absolute atomic E-state index is 0.373. The number of aromatic nitrogens is 4. The fourth-order valence-electron chi connectivity index (χ4n) is 2.35. The maximum absolute atomic E-state index is 5.39. The molecule has 1 fully saturated rings. The first-order valence-corrected chi connectivity index (χ1v) is 7.86. The molecule has 3 rings (SSSR count). The van der Waals surface area contributed by atoms with Crippen molar-refractivity contribution in [3.8, 4) is 0 Å². The number of benzene rings is 1. The van der Waals surface area contributed by atoms with E-state index in [0.29, 0.717) is 6.04 Å². The van der Waals surface area contributed by atoms with Gasteiger partial charge in [0.15, 0.2) is 0 Å². The maximum atomic E-state index is 5.39. The van der Waals surface area contributed by atoms with Gasteiger partial charge in [-0.25, -0.2) is 4.68 Å². The highest BCUT2D eigenvalue weighted by Crippen LogP contribution is 2.27. The van der Waals surface area contributed by atoms with Crippen LogP contribution in [-0.4, -0.2) is 33.4 Å². The summed E-state index contributed by atoms with van der Waals surface area (Å²) in [5.41, 5.74) is 2.64. The minimum Gasteiger partial charge on any atom is -0.381 e. The quantitative estimate of drug-likeness (QED) is 0.810. The number of ether oxygens (including phenoxy) is 1. The molecular formula is C14H18N4OS. The van der Waals surface area contributed by atoms with E-state index in [-0.39, 0.29) is 0 Å². The predicted molar refractivity (Wildman–Crippen MR) is 77.6 cm³/mol. The Kier molecular flexibility index (Phi) is 4.32. The molecule has 1 aromatic heterocycles. The maximum Gasteiger partial charge on any atom is 0.209 e. The third kappa shape index (κ3) is 3.02. The Morgan fingerprint density at radius 1 is 1.30 bits per heavy atom. The third-order valence-electron chi connectivity index (χ3n) is 3.62. The molecule has 2 aromatic rings. The van der Waals surface area contributed by atoms with Crippen LogP contribution >= 0.6 is 11.8 Å². The van der Waals surface area contributed by atoms with Crippen LogP contribution in [0.15, 0.2) is 29.4 Å². The normalized spacial score (nSPS) is 16.4. The number of nitrogens with zero attached hydrogens (tertiary/aromatic N) is 4. The van der Waals surface area contributed by atoms with Gasteiger partial charge in [0.05, 0.1) is 6.04 Å². The second-order valence-corrected chi connectivity index (χ2v) is 5.91. The molecular weight excluding hydrogens is 272 g/mol. The van der Waals surface area contributed by atoms with Gasteiger partial charge in [-0.1, -0.05) is 36.0 Å². The molecule has 0 spiro atoms. The Morgan fingerprint density at radius 2 is 2.10 bits per heavy atom. The van der Waals surface area contributed by atoms with Crippen LogP contribution in [-0.2, 0) is 10.5 Å². The summed E-state index contributed by atoms with van der Waals surface area (Å²) in [6, 6.07) is 8.81. The molecule has 0 bridgehead atoms. The van der Waals surface area contributed by atoms with Crippen molar-refractivity contribution in [1.29, 1.82) is 0 Å². The summed E-state index contributed by atoms with van der Waals surface area (Å²) >= 11 is 1.70. The van der Waals surface area contributed by atoms with Crippen LogP contribution in [0.3, 0.4) is 0 Å².